The molecule has 7 heteroatoms. The van der Waals surface area contributed by atoms with Gasteiger partial charge in [0, 0.05) is 49.4 Å². The van der Waals surface area contributed by atoms with Crippen LogP contribution in [0.2, 0.25) is 5.02 Å². The van der Waals surface area contributed by atoms with Gasteiger partial charge in [-0.1, -0.05) is 28.9 Å². The summed E-state index contributed by atoms with van der Waals surface area (Å²) in [5, 5.41) is 11.8. The smallest absolute Gasteiger partial charge is 0.191 e. The van der Waals surface area contributed by atoms with E-state index >= 15 is 0 Å². The van der Waals surface area contributed by atoms with Crippen molar-refractivity contribution in [2.75, 3.05) is 26.2 Å². The number of aliphatic imine (C=N–C) groups is 1. The van der Waals surface area contributed by atoms with E-state index in [2.05, 4.69) is 39.7 Å². The van der Waals surface area contributed by atoms with E-state index in [1.807, 2.05) is 26.0 Å². The average molecular weight is 418 g/mol. The fraction of sp³-hybridized carbons (Fsp3) is 0.545. The Morgan fingerprint density at radius 3 is 2.59 bits per heavy atom. The topological polar surface area (TPSA) is 65.7 Å². The number of hydrogen-bond acceptors (Lipinski definition) is 4. The lowest BCUT2D eigenvalue weighted by atomic mass is 10.0. The number of rotatable bonds is 7. The van der Waals surface area contributed by atoms with E-state index in [0.29, 0.717) is 12.6 Å². The second-order valence-electron chi connectivity index (χ2n) is 7.63. The molecule has 0 aliphatic carbocycles. The van der Waals surface area contributed by atoms with E-state index in [1.54, 1.807) is 0 Å². The van der Waals surface area contributed by atoms with Gasteiger partial charge in [-0.3, -0.25) is 9.89 Å². The number of aryl methyl sites for hydroxylation is 2. The van der Waals surface area contributed by atoms with Crippen molar-refractivity contribution < 1.29 is 4.52 Å². The van der Waals surface area contributed by atoms with Gasteiger partial charge in [-0.25, -0.2) is 0 Å². The van der Waals surface area contributed by atoms with Gasteiger partial charge in [0.05, 0.1) is 5.69 Å². The normalized spacial score (nSPS) is 16.2. The van der Waals surface area contributed by atoms with E-state index in [0.717, 1.165) is 67.9 Å². The predicted molar refractivity (Wildman–Crippen MR) is 119 cm³/mol. The zero-order chi connectivity index (χ0) is 20.6. The minimum absolute atomic E-state index is 0.452. The highest BCUT2D eigenvalue weighted by molar-refractivity contribution is 6.30. The molecule has 0 radical (unpaired) electrons. The first-order valence-electron chi connectivity index (χ1n) is 10.5. The molecule has 0 unspecified atom stereocenters. The highest BCUT2D eigenvalue weighted by atomic mass is 35.5. The Morgan fingerprint density at radius 2 is 1.97 bits per heavy atom. The SMILES string of the molecule is CCNC(=NCCc1c(C)noc1C)NC1CCN(Cc2ccc(Cl)cc2)CC1. The first kappa shape index (κ1) is 21.7. The van der Waals surface area contributed by atoms with Crippen LogP contribution in [0.1, 0.15) is 42.3 Å². The zero-order valence-corrected chi connectivity index (χ0v) is 18.4. The molecule has 1 aliphatic heterocycles. The molecule has 1 aliphatic rings. The predicted octanol–water partition coefficient (Wildman–Crippen LogP) is 3.71. The lowest BCUT2D eigenvalue weighted by Gasteiger charge is -2.33. The van der Waals surface area contributed by atoms with Crippen LogP contribution in [0.15, 0.2) is 33.8 Å². The summed E-state index contributed by atoms with van der Waals surface area (Å²) < 4.78 is 5.24. The molecule has 158 valence electrons. The van der Waals surface area contributed by atoms with Crippen LogP contribution in [0, 0.1) is 13.8 Å². The number of guanidine groups is 1. The fourth-order valence-corrected chi connectivity index (χ4v) is 3.86. The molecule has 2 N–H and O–H groups in total. The summed E-state index contributed by atoms with van der Waals surface area (Å²) in [5.41, 5.74) is 3.44. The summed E-state index contributed by atoms with van der Waals surface area (Å²) in [5.74, 6) is 1.79. The Labute approximate surface area is 178 Å². The molecule has 0 bridgehead atoms. The largest absolute Gasteiger partial charge is 0.361 e. The molecule has 3 rings (SSSR count). The standard InChI is InChI=1S/C22H32ClN5O/c1-4-24-22(25-12-9-21-16(2)27-29-17(21)3)26-20-10-13-28(14-11-20)15-18-5-7-19(23)8-6-18/h5-8,20H,4,9-15H2,1-3H3,(H2,24,25,26). The van der Waals surface area contributed by atoms with Gasteiger partial charge < -0.3 is 15.2 Å². The number of benzene rings is 1. The molecule has 2 aromatic rings. The Hall–Kier alpha value is -2.05. The Bertz CT molecular complexity index is 775. The minimum atomic E-state index is 0.452. The van der Waals surface area contributed by atoms with Gasteiger partial charge >= 0.3 is 0 Å². The molecule has 0 amide bonds. The van der Waals surface area contributed by atoms with Crippen LogP contribution < -0.4 is 10.6 Å². The van der Waals surface area contributed by atoms with Crippen LogP contribution >= 0.6 is 11.6 Å². The van der Waals surface area contributed by atoms with Gasteiger partial charge in [0.1, 0.15) is 5.76 Å². The quantitative estimate of drug-likeness (QED) is 0.531. The van der Waals surface area contributed by atoms with Gasteiger partial charge in [0.15, 0.2) is 5.96 Å². The first-order chi connectivity index (χ1) is 14.0. The van der Waals surface area contributed by atoms with Crippen molar-refractivity contribution in [3.8, 4) is 0 Å². The third-order valence-electron chi connectivity index (χ3n) is 5.41. The lowest BCUT2D eigenvalue weighted by Crippen LogP contribution is -2.48. The summed E-state index contributed by atoms with van der Waals surface area (Å²) in [6.07, 6.45) is 3.07. The van der Waals surface area contributed by atoms with E-state index in [-0.39, 0.29) is 0 Å². The van der Waals surface area contributed by atoms with Crippen LogP contribution in [-0.2, 0) is 13.0 Å². The Morgan fingerprint density at radius 1 is 1.24 bits per heavy atom. The number of likely N-dealkylation sites (tertiary alicyclic amines) is 1. The molecule has 6 nitrogen and oxygen atoms in total. The molecule has 0 spiro atoms. The Kier molecular flexibility index (Phi) is 7.95. The van der Waals surface area contributed by atoms with Crippen molar-refractivity contribution in [1.29, 1.82) is 0 Å². The molecular formula is C22H32ClN5O. The van der Waals surface area contributed by atoms with Gasteiger partial charge in [-0.05, 0) is 57.7 Å². The molecule has 1 fully saturated rings. The molecule has 2 heterocycles. The number of halogens is 1. The fourth-order valence-electron chi connectivity index (χ4n) is 3.74. The van der Waals surface area contributed by atoms with Gasteiger partial charge in [0.2, 0.25) is 0 Å². The number of hydrogen-bond donors (Lipinski definition) is 2. The van der Waals surface area contributed by atoms with Gasteiger partial charge in [-0.15, -0.1) is 0 Å². The van der Waals surface area contributed by atoms with Crippen molar-refractivity contribution >= 4 is 17.6 Å². The second-order valence-corrected chi connectivity index (χ2v) is 8.07. The van der Waals surface area contributed by atoms with Crippen LogP contribution in [0.25, 0.3) is 0 Å². The van der Waals surface area contributed by atoms with Crippen molar-refractivity contribution in [3.63, 3.8) is 0 Å². The van der Waals surface area contributed by atoms with E-state index < -0.39 is 0 Å². The third kappa shape index (κ3) is 6.47. The molecular weight excluding hydrogens is 386 g/mol. The first-order valence-corrected chi connectivity index (χ1v) is 10.9. The molecule has 1 saturated heterocycles. The van der Waals surface area contributed by atoms with Crippen molar-refractivity contribution in [3.05, 3.63) is 51.9 Å². The summed E-state index contributed by atoms with van der Waals surface area (Å²) in [6.45, 7) is 10.8. The molecule has 0 saturated carbocycles. The molecule has 0 atom stereocenters. The zero-order valence-electron chi connectivity index (χ0n) is 17.7. The van der Waals surface area contributed by atoms with E-state index in [9.17, 15) is 0 Å². The summed E-state index contributed by atoms with van der Waals surface area (Å²) in [4.78, 5) is 7.26. The summed E-state index contributed by atoms with van der Waals surface area (Å²) in [7, 11) is 0. The van der Waals surface area contributed by atoms with Gasteiger partial charge in [-0.2, -0.15) is 0 Å². The minimum Gasteiger partial charge on any atom is -0.361 e. The maximum absolute atomic E-state index is 5.98. The summed E-state index contributed by atoms with van der Waals surface area (Å²) >= 11 is 5.98. The molecule has 1 aromatic carbocycles. The Balaban J connectivity index is 1.46. The molecule has 29 heavy (non-hydrogen) atoms. The highest BCUT2D eigenvalue weighted by Gasteiger charge is 2.20. The number of nitrogens with zero attached hydrogens (tertiary/aromatic N) is 3. The van der Waals surface area contributed by atoms with Gasteiger partial charge in [0.25, 0.3) is 0 Å². The highest BCUT2D eigenvalue weighted by Crippen LogP contribution is 2.16. The van der Waals surface area contributed by atoms with Crippen molar-refractivity contribution in [1.82, 2.24) is 20.7 Å². The van der Waals surface area contributed by atoms with Crippen LogP contribution in [0.4, 0.5) is 0 Å². The number of nitrogens with one attached hydrogen (secondary N) is 2. The van der Waals surface area contributed by atoms with E-state index in [1.165, 1.54) is 11.1 Å². The maximum atomic E-state index is 5.98. The van der Waals surface area contributed by atoms with E-state index in [4.69, 9.17) is 21.1 Å². The lowest BCUT2D eigenvalue weighted by molar-refractivity contribution is 0.198. The summed E-state index contributed by atoms with van der Waals surface area (Å²) in [6, 6.07) is 8.61. The monoisotopic (exact) mass is 417 g/mol. The third-order valence-corrected chi connectivity index (χ3v) is 5.66. The van der Waals surface area contributed by atoms with Crippen molar-refractivity contribution in [2.24, 2.45) is 4.99 Å². The second kappa shape index (κ2) is 10.6. The maximum Gasteiger partial charge on any atom is 0.191 e. The number of aromatic nitrogens is 1. The van der Waals surface area contributed by atoms with Crippen LogP contribution in [0.3, 0.4) is 0 Å². The van der Waals surface area contributed by atoms with Crippen LogP contribution in [-0.4, -0.2) is 48.2 Å². The van der Waals surface area contributed by atoms with Crippen LogP contribution in [0.5, 0.6) is 0 Å². The number of piperidine rings is 1. The van der Waals surface area contributed by atoms with Crippen molar-refractivity contribution in [2.45, 2.75) is 52.6 Å². The average Bonchev–Trinajstić information content (AvgIpc) is 3.03. The molecule has 1 aromatic heterocycles.